The van der Waals surface area contributed by atoms with E-state index in [-0.39, 0.29) is 5.78 Å². The quantitative estimate of drug-likeness (QED) is 0.279. The Bertz CT molecular complexity index is 1340. The largest absolute Gasteiger partial charge is 0.416 e. The molecular formula is C27H21ClF3NO. The van der Waals surface area contributed by atoms with Crippen LogP contribution in [0.4, 0.5) is 13.2 Å². The molecule has 1 aromatic heterocycles. The summed E-state index contributed by atoms with van der Waals surface area (Å²) in [5.74, 6) is -0.0885. The van der Waals surface area contributed by atoms with Crippen LogP contribution in [0.1, 0.15) is 39.7 Å². The minimum Gasteiger partial charge on any atom is -0.294 e. The summed E-state index contributed by atoms with van der Waals surface area (Å²) in [7, 11) is 0. The highest BCUT2D eigenvalue weighted by Crippen LogP contribution is 2.37. The molecular weight excluding hydrogens is 447 g/mol. The smallest absolute Gasteiger partial charge is 0.294 e. The van der Waals surface area contributed by atoms with Gasteiger partial charge in [-0.15, -0.1) is 0 Å². The van der Waals surface area contributed by atoms with Crippen molar-refractivity contribution in [1.29, 1.82) is 0 Å². The predicted octanol–water partition coefficient (Wildman–Crippen LogP) is 7.87. The van der Waals surface area contributed by atoms with Gasteiger partial charge in [-0.3, -0.25) is 9.78 Å². The number of fused-ring (bicyclic) bond motifs is 1. The maximum absolute atomic E-state index is 12.9. The van der Waals surface area contributed by atoms with Crippen LogP contribution in [-0.4, -0.2) is 10.8 Å². The zero-order chi connectivity index (χ0) is 23.8. The number of aryl methyl sites for hydroxylation is 3. The number of aromatic nitrogens is 1. The first kappa shape index (κ1) is 23.0. The number of rotatable bonds is 5. The molecule has 0 aliphatic rings. The van der Waals surface area contributed by atoms with E-state index < -0.39 is 11.7 Å². The van der Waals surface area contributed by atoms with E-state index in [9.17, 15) is 18.0 Å². The van der Waals surface area contributed by atoms with Gasteiger partial charge in [-0.05, 0) is 73.7 Å². The molecule has 0 atom stereocenters. The number of carbonyl (C=O) groups excluding carboxylic acids is 1. The summed E-state index contributed by atoms with van der Waals surface area (Å²) in [6.07, 6.45) is -3.19. The zero-order valence-corrected chi connectivity index (χ0v) is 18.9. The summed E-state index contributed by atoms with van der Waals surface area (Å²) >= 11 is 6.28. The third-order valence-corrected chi connectivity index (χ3v) is 5.97. The fraction of sp³-hybridized carbons (Fsp3) is 0.185. The van der Waals surface area contributed by atoms with E-state index >= 15 is 0 Å². The highest BCUT2D eigenvalue weighted by molar-refractivity contribution is 6.31. The Morgan fingerprint density at radius 1 is 0.970 bits per heavy atom. The Hall–Kier alpha value is -3.18. The van der Waals surface area contributed by atoms with E-state index in [4.69, 9.17) is 11.6 Å². The second kappa shape index (κ2) is 8.99. The van der Waals surface area contributed by atoms with Gasteiger partial charge in [0.15, 0.2) is 5.78 Å². The van der Waals surface area contributed by atoms with Crippen LogP contribution in [0.2, 0.25) is 5.02 Å². The maximum atomic E-state index is 12.9. The number of hydrogen-bond acceptors (Lipinski definition) is 2. The van der Waals surface area contributed by atoms with E-state index in [2.05, 4.69) is 4.98 Å². The Morgan fingerprint density at radius 2 is 1.67 bits per heavy atom. The molecule has 2 nitrogen and oxygen atoms in total. The number of alkyl halides is 3. The molecule has 4 aromatic rings. The number of ketones is 1. The molecule has 0 aliphatic heterocycles. The summed E-state index contributed by atoms with van der Waals surface area (Å²) in [4.78, 5) is 17.2. The number of hydrogen-bond donors (Lipinski definition) is 0. The van der Waals surface area contributed by atoms with E-state index in [1.54, 1.807) is 6.07 Å². The molecule has 0 aliphatic carbocycles. The molecule has 0 saturated carbocycles. The van der Waals surface area contributed by atoms with Gasteiger partial charge in [0.05, 0.1) is 11.1 Å². The lowest BCUT2D eigenvalue weighted by molar-refractivity contribution is -0.137. The first-order valence-electron chi connectivity index (χ1n) is 10.5. The highest BCUT2D eigenvalue weighted by atomic mass is 35.5. The highest BCUT2D eigenvalue weighted by Gasteiger charge is 2.30. The van der Waals surface area contributed by atoms with Crippen molar-refractivity contribution in [3.63, 3.8) is 0 Å². The van der Waals surface area contributed by atoms with Crippen molar-refractivity contribution < 1.29 is 18.0 Å². The van der Waals surface area contributed by atoms with E-state index in [0.717, 1.165) is 45.3 Å². The second-order valence-electron chi connectivity index (χ2n) is 8.02. The summed E-state index contributed by atoms with van der Waals surface area (Å²) in [5.41, 5.74) is 4.76. The first-order valence-corrected chi connectivity index (χ1v) is 10.9. The minimum atomic E-state index is -4.35. The van der Waals surface area contributed by atoms with Crippen LogP contribution < -0.4 is 0 Å². The van der Waals surface area contributed by atoms with Crippen LogP contribution in [0, 0.1) is 6.92 Å². The molecule has 0 unspecified atom stereocenters. The van der Waals surface area contributed by atoms with Crippen LogP contribution in [0.25, 0.3) is 22.0 Å². The van der Waals surface area contributed by atoms with Crippen molar-refractivity contribution >= 4 is 28.3 Å². The molecule has 0 saturated heterocycles. The number of carbonyl (C=O) groups is 1. The third-order valence-electron chi connectivity index (χ3n) is 5.73. The third kappa shape index (κ3) is 4.79. The molecule has 0 fully saturated rings. The van der Waals surface area contributed by atoms with Gasteiger partial charge < -0.3 is 0 Å². The summed E-state index contributed by atoms with van der Waals surface area (Å²) in [5, 5.41) is 1.34. The van der Waals surface area contributed by atoms with Crippen LogP contribution in [-0.2, 0) is 19.0 Å². The van der Waals surface area contributed by atoms with E-state index in [0.29, 0.717) is 29.1 Å². The predicted molar refractivity (Wildman–Crippen MR) is 126 cm³/mol. The topological polar surface area (TPSA) is 30.0 Å². The van der Waals surface area contributed by atoms with Gasteiger partial charge in [0.1, 0.15) is 0 Å². The summed E-state index contributed by atoms with van der Waals surface area (Å²) < 4.78 is 38.6. The fourth-order valence-electron chi connectivity index (χ4n) is 4.19. The monoisotopic (exact) mass is 467 g/mol. The van der Waals surface area contributed by atoms with Crippen LogP contribution >= 0.6 is 11.6 Å². The number of benzene rings is 3. The van der Waals surface area contributed by atoms with Gasteiger partial charge in [0.2, 0.25) is 0 Å². The zero-order valence-electron chi connectivity index (χ0n) is 18.1. The molecule has 0 bridgehead atoms. The Balaban J connectivity index is 1.79. The molecule has 6 heteroatoms. The molecule has 3 aromatic carbocycles. The molecule has 1 heterocycles. The second-order valence-corrected chi connectivity index (χ2v) is 8.45. The molecule has 0 radical (unpaired) electrons. The summed E-state index contributed by atoms with van der Waals surface area (Å²) in [6, 6.07) is 18.4. The molecule has 0 amide bonds. The van der Waals surface area contributed by atoms with Crippen LogP contribution in [0.3, 0.4) is 0 Å². The van der Waals surface area contributed by atoms with Crippen molar-refractivity contribution in [1.82, 2.24) is 4.98 Å². The van der Waals surface area contributed by atoms with Gasteiger partial charge in [-0.2, -0.15) is 13.2 Å². The number of nitrogens with zero attached hydrogens (tertiary/aromatic N) is 1. The first-order chi connectivity index (χ1) is 15.6. The minimum absolute atomic E-state index is 0.0885. The molecule has 0 N–H and O–H groups in total. The molecule has 4 rings (SSSR count). The lowest BCUT2D eigenvalue weighted by Gasteiger charge is -2.17. The van der Waals surface area contributed by atoms with Crippen molar-refractivity contribution in [2.75, 3.05) is 0 Å². The van der Waals surface area contributed by atoms with Crippen molar-refractivity contribution in [3.05, 3.63) is 99.7 Å². The standard InChI is InChI=1S/C27H21ClF3NO/c1-16-25(17(2)33)26(23-15-21(28)13-14-24(23)32-16)22-6-4-3-5-19(22)10-7-18-8-11-20(12-9-18)27(29,30)31/h3-6,8-9,11-15H,7,10H2,1-2H3. The van der Waals surface area contributed by atoms with Crippen molar-refractivity contribution in [2.45, 2.75) is 32.9 Å². The van der Waals surface area contributed by atoms with Gasteiger partial charge in [0.25, 0.3) is 0 Å². The van der Waals surface area contributed by atoms with Gasteiger partial charge in [-0.25, -0.2) is 0 Å². The van der Waals surface area contributed by atoms with Gasteiger partial charge >= 0.3 is 6.18 Å². The maximum Gasteiger partial charge on any atom is 0.416 e. The van der Waals surface area contributed by atoms with Crippen LogP contribution in [0.5, 0.6) is 0 Å². The average Bonchev–Trinajstić information content (AvgIpc) is 2.77. The fourth-order valence-corrected chi connectivity index (χ4v) is 4.36. The average molecular weight is 468 g/mol. The van der Waals surface area contributed by atoms with E-state index in [1.165, 1.54) is 19.1 Å². The van der Waals surface area contributed by atoms with Gasteiger partial charge in [0, 0.05) is 27.2 Å². The lowest BCUT2D eigenvalue weighted by atomic mass is 9.88. The molecule has 0 spiro atoms. The SMILES string of the molecule is CC(=O)c1c(C)nc2ccc(Cl)cc2c1-c1ccccc1CCc1ccc(C(F)(F)F)cc1. The van der Waals surface area contributed by atoms with Crippen molar-refractivity contribution in [3.8, 4) is 11.1 Å². The number of halogens is 4. The van der Waals surface area contributed by atoms with Crippen LogP contribution in [0.15, 0.2) is 66.7 Å². The number of Topliss-reactive ketones (excluding diaryl/α,β-unsaturated/α-hetero) is 1. The number of pyridine rings is 1. The molecule has 168 valence electrons. The Morgan fingerprint density at radius 3 is 2.33 bits per heavy atom. The van der Waals surface area contributed by atoms with E-state index in [1.807, 2.05) is 43.3 Å². The van der Waals surface area contributed by atoms with Gasteiger partial charge in [-0.1, -0.05) is 48.0 Å². The Labute approximate surface area is 195 Å². The lowest BCUT2D eigenvalue weighted by Crippen LogP contribution is -2.06. The normalized spacial score (nSPS) is 11.7. The molecule has 33 heavy (non-hydrogen) atoms. The van der Waals surface area contributed by atoms with Crippen molar-refractivity contribution in [2.24, 2.45) is 0 Å². The Kier molecular flexibility index (Phi) is 6.26. The summed E-state index contributed by atoms with van der Waals surface area (Å²) in [6.45, 7) is 3.34.